The summed E-state index contributed by atoms with van der Waals surface area (Å²) in [6, 6.07) is 5.32. The Morgan fingerprint density at radius 3 is 2.62 bits per heavy atom. The van der Waals surface area contributed by atoms with Gasteiger partial charge in [-0.1, -0.05) is 31.5 Å². The van der Waals surface area contributed by atoms with Crippen LogP contribution in [0.3, 0.4) is 0 Å². The number of carbonyl (C=O) groups is 2. The number of hydrazone groups is 1. The summed E-state index contributed by atoms with van der Waals surface area (Å²) in [7, 11) is 0. The van der Waals surface area contributed by atoms with Crippen molar-refractivity contribution in [3.05, 3.63) is 28.8 Å². The third-order valence-electron chi connectivity index (χ3n) is 2.84. The highest BCUT2D eigenvalue weighted by Crippen LogP contribution is 2.22. The summed E-state index contributed by atoms with van der Waals surface area (Å²) in [5, 5.41) is 7.27. The summed E-state index contributed by atoms with van der Waals surface area (Å²) in [4.78, 5) is 23.3. The molecular weight excluding hydrogens is 290 g/mol. The van der Waals surface area contributed by atoms with Crippen molar-refractivity contribution < 1.29 is 9.59 Å². The fourth-order valence-electron chi connectivity index (χ4n) is 1.49. The van der Waals surface area contributed by atoms with Crippen molar-refractivity contribution >= 4 is 34.8 Å². The average Bonchev–Trinajstić information content (AvgIpc) is 2.41. The highest BCUT2D eigenvalue weighted by atomic mass is 35.5. The second-order valence-corrected chi connectivity index (χ2v) is 5.52. The average molecular weight is 310 g/mol. The molecule has 114 valence electrons. The molecule has 5 nitrogen and oxygen atoms in total. The second kappa shape index (κ2) is 7.78. The van der Waals surface area contributed by atoms with E-state index in [0.717, 1.165) is 5.56 Å². The number of carbonyl (C=O) groups excluding carboxylic acids is 2. The minimum Gasteiger partial charge on any atom is -0.325 e. The van der Waals surface area contributed by atoms with Crippen LogP contribution in [-0.4, -0.2) is 17.5 Å². The predicted octanol–water partition coefficient (Wildman–Crippen LogP) is 3.13. The van der Waals surface area contributed by atoms with E-state index in [1.54, 1.807) is 39.0 Å². The Balaban J connectivity index is 2.59. The number of rotatable bonds is 5. The number of nitrogens with zero attached hydrogens (tertiary/aromatic N) is 1. The lowest BCUT2D eigenvalue weighted by atomic mass is 10.2. The van der Waals surface area contributed by atoms with Crippen LogP contribution in [0.2, 0.25) is 5.02 Å². The van der Waals surface area contributed by atoms with Crippen molar-refractivity contribution in [2.24, 2.45) is 11.0 Å². The van der Waals surface area contributed by atoms with Crippen LogP contribution in [0.5, 0.6) is 0 Å². The van der Waals surface area contributed by atoms with Gasteiger partial charge in [0.2, 0.25) is 11.8 Å². The highest BCUT2D eigenvalue weighted by Gasteiger charge is 2.09. The molecule has 0 radical (unpaired) electrons. The zero-order valence-electron chi connectivity index (χ0n) is 12.7. The molecule has 0 aromatic heterocycles. The molecule has 1 rings (SSSR count). The highest BCUT2D eigenvalue weighted by molar-refractivity contribution is 6.31. The summed E-state index contributed by atoms with van der Waals surface area (Å²) < 4.78 is 0. The number of nitrogens with one attached hydrogen (secondary N) is 2. The molecule has 21 heavy (non-hydrogen) atoms. The van der Waals surface area contributed by atoms with Gasteiger partial charge in [-0.25, -0.2) is 5.43 Å². The van der Waals surface area contributed by atoms with Gasteiger partial charge in [0.15, 0.2) is 0 Å². The molecule has 1 aromatic rings. The molecule has 0 spiro atoms. The predicted molar refractivity (Wildman–Crippen MR) is 85.5 cm³/mol. The van der Waals surface area contributed by atoms with Gasteiger partial charge in [0.1, 0.15) is 0 Å². The smallest absolute Gasteiger partial charge is 0.242 e. The van der Waals surface area contributed by atoms with Gasteiger partial charge in [0.25, 0.3) is 0 Å². The Kier molecular flexibility index (Phi) is 6.37. The first-order valence-corrected chi connectivity index (χ1v) is 7.07. The van der Waals surface area contributed by atoms with Crippen LogP contribution in [0.25, 0.3) is 0 Å². The maximum atomic E-state index is 11.9. The fourth-order valence-corrected chi connectivity index (χ4v) is 1.66. The van der Waals surface area contributed by atoms with Crippen LogP contribution < -0.4 is 10.7 Å². The molecule has 0 heterocycles. The van der Waals surface area contributed by atoms with E-state index in [2.05, 4.69) is 15.8 Å². The SMILES string of the molecule is C/C(CC(=O)Nc1cccc(Cl)c1C)=N\NC(=O)C(C)C. The van der Waals surface area contributed by atoms with E-state index in [-0.39, 0.29) is 24.2 Å². The van der Waals surface area contributed by atoms with Gasteiger partial charge in [-0.05, 0) is 31.5 Å². The van der Waals surface area contributed by atoms with Crippen molar-refractivity contribution in [1.29, 1.82) is 0 Å². The van der Waals surface area contributed by atoms with Gasteiger partial charge in [-0.2, -0.15) is 5.10 Å². The number of hydrogen-bond donors (Lipinski definition) is 2. The molecule has 0 bridgehead atoms. The van der Waals surface area contributed by atoms with Gasteiger partial charge in [0, 0.05) is 22.3 Å². The Morgan fingerprint density at radius 2 is 2.00 bits per heavy atom. The molecule has 0 aliphatic carbocycles. The minimum absolute atomic E-state index is 0.102. The molecule has 0 fully saturated rings. The van der Waals surface area contributed by atoms with Crippen molar-refractivity contribution in [1.82, 2.24) is 5.43 Å². The summed E-state index contributed by atoms with van der Waals surface area (Å²) in [5.41, 5.74) is 4.44. The van der Waals surface area contributed by atoms with Gasteiger partial charge in [-0.15, -0.1) is 0 Å². The number of hydrogen-bond acceptors (Lipinski definition) is 3. The van der Waals surface area contributed by atoms with Crippen LogP contribution in [0, 0.1) is 12.8 Å². The zero-order valence-corrected chi connectivity index (χ0v) is 13.4. The van der Waals surface area contributed by atoms with Crippen molar-refractivity contribution in [2.45, 2.75) is 34.1 Å². The maximum Gasteiger partial charge on any atom is 0.242 e. The Morgan fingerprint density at radius 1 is 1.33 bits per heavy atom. The van der Waals surface area contributed by atoms with Crippen LogP contribution >= 0.6 is 11.6 Å². The molecule has 2 amide bonds. The second-order valence-electron chi connectivity index (χ2n) is 5.12. The first-order valence-electron chi connectivity index (χ1n) is 6.69. The van der Waals surface area contributed by atoms with Crippen LogP contribution in [0.1, 0.15) is 32.8 Å². The van der Waals surface area contributed by atoms with E-state index in [4.69, 9.17) is 11.6 Å². The van der Waals surface area contributed by atoms with Gasteiger partial charge in [0.05, 0.1) is 6.42 Å². The van der Waals surface area contributed by atoms with E-state index >= 15 is 0 Å². The molecule has 2 N–H and O–H groups in total. The molecule has 0 saturated carbocycles. The summed E-state index contributed by atoms with van der Waals surface area (Å²) in [5.74, 6) is -0.537. The third-order valence-corrected chi connectivity index (χ3v) is 3.25. The van der Waals surface area contributed by atoms with Crippen molar-refractivity contribution in [2.75, 3.05) is 5.32 Å². The van der Waals surface area contributed by atoms with E-state index in [1.807, 2.05) is 6.92 Å². The Hall–Kier alpha value is -1.88. The normalized spacial score (nSPS) is 11.4. The molecule has 0 aliphatic heterocycles. The largest absolute Gasteiger partial charge is 0.325 e. The molecule has 0 aliphatic rings. The van der Waals surface area contributed by atoms with Crippen LogP contribution in [0.4, 0.5) is 5.69 Å². The minimum atomic E-state index is -0.208. The molecule has 1 aromatic carbocycles. The van der Waals surface area contributed by atoms with Gasteiger partial charge in [-0.3, -0.25) is 9.59 Å². The number of benzene rings is 1. The monoisotopic (exact) mass is 309 g/mol. The summed E-state index contributed by atoms with van der Waals surface area (Å²) in [6.45, 7) is 7.07. The first-order chi connectivity index (χ1) is 9.81. The molecule has 0 unspecified atom stereocenters. The van der Waals surface area contributed by atoms with E-state index in [1.165, 1.54) is 0 Å². The van der Waals surface area contributed by atoms with Crippen LogP contribution in [0.15, 0.2) is 23.3 Å². The zero-order chi connectivity index (χ0) is 16.0. The van der Waals surface area contributed by atoms with Gasteiger partial charge < -0.3 is 5.32 Å². The third kappa shape index (κ3) is 5.55. The standard InChI is InChI=1S/C15H20ClN3O2/c1-9(2)15(21)19-18-10(3)8-14(20)17-13-7-5-6-12(16)11(13)4/h5-7,9H,8H2,1-4H3,(H,17,20)(H,19,21)/b18-10+. The van der Waals surface area contributed by atoms with Gasteiger partial charge >= 0.3 is 0 Å². The lowest BCUT2D eigenvalue weighted by Crippen LogP contribution is -2.25. The summed E-state index contributed by atoms with van der Waals surface area (Å²) >= 11 is 5.99. The van der Waals surface area contributed by atoms with E-state index in [9.17, 15) is 9.59 Å². The molecule has 0 atom stereocenters. The van der Waals surface area contributed by atoms with Crippen molar-refractivity contribution in [3.8, 4) is 0 Å². The number of amides is 2. The maximum absolute atomic E-state index is 11.9. The molecule has 0 saturated heterocycles. The molecule has 6 heteroatoms. The lowest BCUT2D eigenvalue weighted by molar-refractivity contribution is -0.124. The number of halogens is 1. The summed E-state index contributed by atoms with van der Waals surface area (Å²) in [6.07, 6.45) is 0.102. The fraction of sp³-hybridized carbons (Fsp3) is 0.400. The first kappa shape index (κ1) is 17.2. The lowest BCUT2D eigenvalue weighted by Gasteiger charge is -2.09. The quantitative estimate of drug-likeness (QED) is 0.648. The Labute approximate surface area is 129 Å². The van der Waals surface area contributed by atoms with Crippen LogP contribution in [-0.2, 0) is 9.59 Å². The van der Waals surface area contributed by atoms with E-state index < -0.39 is 0 Å². The Bertz CT molecular complexity index is 568. The topological polar surface area (TPSA) is 70.6 Å². The molecular formula is C15H20ClN3O2. The van der Waals surface area contributed by atoms with Crippen molar-refractivity contribution in [3.63, 3.8) is 0 Å². The number of anilines is 1. The van der Waals surface area contributed by atoms with E-state index in [0.29, 0.717) is 16.4 Å².